The Morgan fingerprint density at radius 2 is 1.79 bits per heavy atom. The molecular weight excluding hydrogens is 300 g/mol. The van der Waals surface area contributed by atoms with Crippen molar-refractivity contribution < 1.29 is 9.59 Å². The quantitative estimate of drug-likeness (QED) is 0.945. The molecule has 120 valence electrons. The zero-order valence-corrected chi connectivity index (χ0v) is 13.2. The van der Waals surface area contributed by atoms with Crippen molar-refractivity contribution in [2.45, 2.75) is 25.3 Å². The molecule has 2 N–H and O–H groups in total. The Balaban J connectivity index is 1.76. The largest absolute Gasteiger partial charge is 0.370 e. The molecule has 0 radical (unpaired) electrons. The summed E-state index contributed by atoms with van der Waals surface area (Å²) in [6, 6.07) is 16.2. The molecule has 4 nitrogen and oxygen atoms in total. The van der Waals surface area contributed by atoms with E-state index in [1.165, 1.54) is 11.1 Å². The molecule has 2 amide bonds. The van der Waals surface area contributed by atoms with Crippen LogP contribution in [-0.4, -0.2) is 11.8 Å². The first-order valence-corrected chi connectivity index (χ1v) is 8.13. The smallest absolute Gasteiger partial charge is 0.227 e. The molecule has 4 rings (SSSR count). The number of fused-ring (bicyclic) bond motifs is 5. The van der Waals surface area contributed by atoms with Gasteiger partial charge in [-0.2, -0.15) is 0 Å². The fraction of sp³-hybridized carbons (Fsp3) is 0.200. The lowest BCUT2D eigenvalue weighted by Gasteiger charge is -2.28. The minimum absolute atomic E-state index is 0.0693. The van der Waals surface area contributed by atoms with Gasteiger partial charge in [0.2, 0.25) is 11.8 Å². The van der Waals surface area contributed by atoms with Crippen LogP contribution in [0.25, 0.3) is 5.57 Å². The van der Waals surface area contributed by atoms with Crippen LogP contribution in [-0.2, 0) is 16.1 Å². The van der Waals surface area contributed by atoms with Gasteiger partial charge in [-0.1, -0.05) is 48.5 Å². The number of hydrogen-bond acceptors (Lipinski definition) is 2. The number of nitrogens with two attached hydrogens (primary N) is 1. The summed E-state index contributed by atoms with van der Waals surface area (Å²) in [5.41, 5.74) is 11.0. The molecule has 24 heavy (non-hydrogen) atoms. The summed E-state index contributed by atoms with van der Waals surface area (Å²) >= 11 is 0. The van der Waals surface area contributed by atoms with E-state index in [1.54, 1.807) is 4.90 Å². The third-order valence-corrected chi connectivity index (χ3v) is 4.68. The van der Waals surface area contributed by atoms with Crippen LogP contribution in [0.15, 0.2) is 54.6 Å². The molecule has 0 saturated heterocycles. The standard InChI is InChI=1S/C20H18N2O2/c21-19(23)9-10-20(24)22-12-13-5-1-2-6-14(13)16-11-17(16)15-7-3-4-8-18(15)22/h1-8,11,17H,9-10,12H2,(H2,21,23). The number of benzene rings is 2. The maximum Gasteiger partial charge on any atom is 0.227 e. The lowest BCUT2D eigenvalue weighted by molar-refractivity contribution is -0.123. The molecule has 2 aliphatic rings. The number of amides is 2. The summed E-state index contributed by atoms with van der Waals surface area (Å²) in [6.45, 7) is 0.509. The van der Waals surface area contributed by atoms with E-state index in [-0.39, 0.29) is 24.7 Å². The van der Waals surface area contributed by atoms with Crippen molar-refractivity contribution in [2.75, 3.05) is 4.90 Å². The van der Waals surface area contributed by atoms with E-state index in [4.69, 9.17) is 5.73 Å². The van der Waals surface area contributed by atoms with Crippen LogP contribution in [0, 0.1) is 0 Å². The maximum atomic E-state index is 12.8. The molecule has 0 saturated carbocycles. The van der Waals surface area contributed by atoms with Crippen molar-refractivity contribution in [1.29, 1.82) is 0 Å². The predicted molar refractivity (Wildman–Crippen MR) is 93.2 cm³/mol. The molecule has 0 spiro atoms. The Labute approximate surface area is 140 Å². The number of anilines is 1. The second kappa shape index (κ2) is 5.64. The van der Waals surface area contributed by atoms with E-state index < -0.39 is 5.91 Å². The molecule has 0 bridgehead atoms. The van der Waals surface area contributed by atoms with Gasteiger partial charge < -0.3 is 10.6 Å². The van der Waals surface area contributed by atoms with Gasteiger partial charge in [0.05, 0.1) is 6.54 Å². The van der Waals surface area contributed by atoms with Crippen LogP contribution in [0.5, 0.6) is 0 Å². The van der Waals surface area contributed by atoms with Crippen molar-refractivity contribution in [3.8, 4) is 0 Å². The number of rotatable bonds is 3. The predicted octanol–water partition coefficient (Wildman–Crippen LogP) is 2.98. The van der Waals surface area contributed by atoms with Crippen molar-refractivity contribution in [3.63, 3.8) is 0 Å². The SMILES string of the molecule is NC(=O)CCC(=O)N1Cc2ccccc2C2=CC2c2ccccc21. The summed E-state index contributed by atoms with van der Waals surface area (Å²) in [7, 11) is 0. The highest BCUT2D eigenvalue weighted by Gasteiger charge is 2.35. The molecular formula is C20H18N2O2. The van der Waals surface area contributed by atoms with Crippen molar-refractivity contribution >= 4 is 23.1 Å². The molecule has 4 heteroatoms. The highest BCUT2D eigenvalue weighted by atomic mass is 16.2. The average molecular weight is 318 g/mol. The Morgan fingerprint density at radius 1 is 1.04 bits per heavy atom. The topological polar surface area (TPSA) is 63.4 Å². The number of allylic oxidation sites excluding steroid dienone is 2. The summed E-state index contributed by atoms with van der Waals surface area (Å²) in [5, 5.41) is 0. The second-order valence-electron chi connectivity index (χ2n) is 6.26. The normalized spacial score (nSPS) is 17.6. The molecule has 0 fully saturated rings. The molecule has 2 aromatic rings. The van der Waals surface area contributed by atoms with Gasteiger partial charge in [-0.05, 0) is 28.3 Å². The summed E-state index contributed by atoms with van der Waals surface area (Å²) in [4.78, 5) is 25.6. The zero-order valence-electron chi connectivity index (χ0n) is 13.2. The number of carbonyl (C=O) groups excluding carboxylic acids is 2. The minimum atomic E-state index is -0.449. The van der Waals surface area contributed by atoms with E-state index in [1.807, 2.05) is 30.3 Å². The molecule has 0 aromatic heterocycles. The Hall–Kier alpha value is -2.88. The Bertz CT molecular complexity index is 869. The van der Waals surface area contributed by atoms with Crippen LogP contribution in [0.4, 0.5) is 5.69 Å². The summed E-state index contributed by atoms with van der Waals surface area (Å²) in [6.07, 6.45) is 2.46. The van der Waals surface area contributed by atoms with Gasteiger partial charge in [-0.3, -0.25) is 9.59 Å². The first-order chi connectivity index (χ1) is 11.6. The number of carbonyl (C=O) groups is 2. The summed E-state index contributed by atoms with van der Waals surface area (Å²) < 4.78 is 0. The molecule has 1 unspecified atom stereocenters. The Morgan fingerprint density at radius 3 is 2.62 bits per heavy atom. The van der Waals surface area contributed by atoms with E-state index >= 15 is 0 Å². The van der Waals surface area contributed by atoms with Gasteiger partial charge in [0, 0.05) is 24.4 Å². The minimum Gasteiger partial charge on any atom is -0.370 e. The zero-order chi connectivity index (χ0) is 16.7. The van der Waals surface area contributed by atoms with Crippen LogP contribution in [0.3, 0.4) is 0 Å². The Kier molecular flexibility index (Phi) is 3.45. The van der Waals surface area contributed by atoms with Gasteiger partial charge >= 0.3 is 0 Å². The van der Waals surface area contributed by atoms with Gasteiger partial charge in [-0.15, -0.1) is 0 Å². The molecule has 1 atom stereocenters. The first kappa shape index (κ1) is 14.7. The van der Waals surface area contributed by atoms with Crippen molar-refractivity contribution in [3.05, 3.63) is 71.3 Å². The number of para-hydroxylation sites is 1. The van der Waals surface area contributed by atoms with Gasteiger partial charge in [0.25, 0.3) is 0 Å². The highest BCUT2D eigenvalue weighted by Crippen LogP contribution is 2.51. The number of hydrogen-bond donors (Lipinski definition) is 1. The lowest BCUT2D eigenvalue weighted by atomic mass is 9.94. The molecule has 2 aromatic carbocycles. The fourth-order valence-electron chi connectivity index (χ4n) is 3.43. The molecule has 1 aliphatic heterocycles. The van der Waals surface area contributed by atoms with E-state index in [0.29, 0.717) is 6.54 Å². The van der Waals surface area contributed by atoms with E-state index in [2.05, 4.69) is 24.3 Å². The van der Waals surface area contributed by atoms with E-state index in [0.717, 1.165) is 16.8 Å². The maximum absolute atomic E-state index is 12.8. The van der Waals surface area contributed by atoms with Crippen LogP contribution in [0.2, 0.25) is 0 Å². The average Bonchev–Trinajstić information content (AvgIpc) is 3.36. The third-order valence-electron chi connectivity index (χ3n) is 4.68. The van der Waals surface area contributed by atoms with Crippen LogP contribution < -0.4 is 10.6 Å². The first-order valence-electron chi connectivity index (χ1n) is 8.13. The van der Waals surface area contributed by atoms with Crippen molar-refractivity contribution in [2.24, 2.45) is 5.73 Å². The van der Waals surface area contributed by atoms with Gasteiger partial charge in [0.15, 0.2) is 0 Å². The number of primary amides is 1. The second-order valence-corrected chi connectivity index (χ2v) is 6.26. The van der Waals surface area contributed by atoms with Crippen molar-refractivity contribution in [1.82, 2.24) is 0 Å². The fourth-order valence-corrected chi connectivity index (χ4v) is 3.43. The van der Waals surface area contributed by atoms with E-state index in [9.17, 15) is 9.59 Å². The third kappa shape index (κ3) is 2.50. The lowest BCUT2D eigenvalue weighted by Crippen LogP contribution is -2.32. The van der Waals surface area contributed by atoms with Crippen LogP contribution in [0.1, 0.15) is 35.4 Å². The molecule has 1 heterocycles. The van der Waals surface area contributed by atoms with Gasteiger partial charge in [-0.25, -0.2) is 0 Å². The number of nitrogens with zero attached hydrogens (tertiary/aromatic N) is 1. The monoisotopic (exact) mass is 318 g/mol. The molecule has 1 aliphatic carbocycles. The highest BCUT2D eigenvalue weighted by molar-refractivity contribution is 5.99. The van der Waals surface area contributed by atoms with Crippen LogP contribution >= 0.6 is 0 Å². The summed E-state index contributed by atoms with van der Waals surface area (Å²) in [5.74, 6) is -0.246. The van der Waals surface area contributed by atoms with Gasteiger partial charge in [0.1, 0.15) is 0 Å².